The summed E-state index contributed by atoms with van der Waals surface area (Å²) in [5.41, 5.74) is 0.285. The first-order chi connectivity index (χ1) is 5.41. The van der Waals surface area contributed by atoms with Crippen molar-refractivity contribution in [1.29, 1.82) is 0 Å². The maximum atomic E-state index is 10.5. The molecular weight excluding hydrogens is 170 g/mol. The van der Waals surface area contributed by atoms with E-state index in [0.717, 1.165) is 5.32 Å². The molecule has 0 fully saturated rings. The molecule has 1 aromatic heterocycles. The molecule has 0 bridgehead atoms. The van der Waals surface area contributed by atoms with Crippen molar-refractivity contribution in [3.05, 3.63) is 17.8 Å². The maximum Gasteiger partial charge on any atom is 0.352 e. The molecule has 2 N–H and O–H groups in total. The minimum absolute atomic E-state index is 0.285. The zero-order valence-electron chi connectivity index (χ0n) is 7.51. The zero-order chi connectivity index (χ0) is 9.35. The largest absolute Gasteiger partial charge is 0.477 e. The fourth-order valence-corrected chi connectivity index (χ4v) is 2.05. The van der Waals surface area contributed by atoms with Gasteiger partial charge in [0.1, 0.15) is 5.69 Å². The normalized spacial score (nSPS) is 11.6. The number of carboxylic acid groups (broad SMARTS) is 1. The highest BCUT2D eigenvalue weighted by Crippen LogP contribution is 2.02. The van der Waals surface area contributed by atoms with Crippen LogP contribution in [0.3, 0.4) is 0 Å². The van der Waals surface area contributed by atoms with E-state index in [1.807, 2.05) is 6.07 Å². The Kier molecular flexibility index (Phi) is 2.10. The van der Waals surface area contributed by atoms with Crippen LogP contribution in [0.4, 0.5) is 0 Å². The molecule has 0 saturated heterocycles. The molecule has 0 amide bonds. The van der Waals surface area contributed by atoms with E-state index >= 15 is 0 Å². The molecular formula is C8H13NO2Si. The van der Waals surface area contributed by atoms with Crippen molar-refractivity contribution in [2.24, 2.45) is 0 Å². The number of aromatic carboxylic acids is 1. The van der Waals surface area contributed by atoms with Gasteiger partial charge in [0.2, 0.25) is 0 Å². The van der Waals surface area contributed by atoms with Crippen LogP contribution in [-0.2, 0) is 0 Å². The topological polar surface area (TPSA) is 53.1 Å². The van der Waals surface area contributed by atoms with Gasteiger partial charge < -0.3 is 10.1 Å². The summed E-state index contributed by atoms with van der Waals surface area (Å²) in [6.45, 7) is 6.51. The Balaban J connectivity index is 3.00. The summed E-state index contributed by atoms with van der Waals surface area (Å²) < 4.78 is 0. The van der Waals surface area contributed by atoms with Gasteiger partial charge in [0, 0.05) is 0 Å². The molecule has 0 spiro atoms. The van der Waals surface area contributed by atoms with Crippen molar-refractivity contribution >= 4 is 19.4 Å². The Morgan fingerprint density at radius 1 is 1.42 bits per heavy atom. The van der Waals surface area contributed by atoms with Crippen molar-refractivity contribution in [1.82, 2.24) is 4.98 Å². The van der Waals surface area contributed by atoms with Crippen LogP contribution in [0.5, 0.6) is 0 Å². The number of hydrogen-bond donors (Lipinski definition) is 2. The summed E-state index contributed by atoms with van der Waals surface area (Å²) in [6.07, 6.45) is 0. The molecule has 3 nitrogen and oxygen atoms in total. The van der Waals surface area contributed by atoms with E-state index in [1.165, 1.54) is 0 Å². The predicted molar refractivity (Wildman–Crippen MR) is 50.7 cm³/mol. The van der Waals surface area contributed by atoms with E-state index in [9.17, 15) is 4.79 Å². The van der Waals surface area contributed by atoms with Crippen molar-refractivity contribution < 1.29 is 9.90 Å². The van der Waals surface area contributed by atoms with E-state index in [1.54, 1.807) is 6.07 Å². The number of carbonyl (C=O) groups is 1. The van der Waals surface area contributed by atoms with Crippen LogP contribution in [0.2, 0.25) is 19.6 Å². The Morgan fingerprint density at radius 3 is 2.25 bits per heavy atom. The van der Waals surface area contributed by atoms with Crippen LogP contribution in [0.1, 0.15) is 10.5 Å². The highest BCUT2D eigenvalue weighted by molar-refractivity contribution is 6.88. The predicted octanol–water partition coefficient (Wildman–Crippen LogP) is 1.26. The molecule has 1 heterocycles. The Morgan fingerprint density at radius 2 is 2.00 bits per heavy atom. The number of aromatic nitrogens is 1. The van der Waals surface area contributed by atoms with Crippen LogP contribution in [0, 0.1) is 0 Å². The smallest absolute Gasteiger partial charge is 0.352 e. The van der Waals surface area contributed by atoms with Crippen molar-refractivity contribution in [2.45, 2.75) is 19.6 Å². The van der Waals surface area contributed by atoms with Gasteiger partial charge in [0.25, 0.3) is 0 Å². The summed E-state index contributed by atoms with van der Waals surface area (Å²) in [4.78, 5) is 13.4. The molecule has 66 valence electrons. The molecule has 0 aliphatic heterocycles. The van der Waals surface area contributed by atoms with Gasteiger partial charge in [-0.2, -0.15) is 0 Å². The van der Waals surface area contributed by atoms with E-state index < -0.39 is 14.0 Å². The molecule has 0 aliphatic carbocycles. The van der Waals surface area contributed by atoms with Crippen LogP contribution in [0.25, 0.3) is 0 Å². The second-order valence-corrected chi connectivity index (χ2v) is 8.88. The average Bonchev–Trinajstić information content (AvgIpc) is 2.30. The third-order valence-corrected chi connectivity index (χ3v) is 3.63. The molecule has 1 aromatic rings. The third-order valence-electron chi connectivity index (χ3n) is 1.72. The van der Waals surface area contributed by atoms with Gasteiger partial charge in [0.15, 0.2) is 0 Å². The summed E-state index contributed by atoms with van der Waals surface area (Å²) in [5, 5.41) is 9.73. The van der Waals surface area contributed by atoms with Gasteiger partial charge in [-0.25, -0.2) is 4.79 Å². The quantitative estimate of drug-likeness (QED) is 0.678. The summed E-state index contributed by atoms with van der Waals surface area (Å²) in [7, 11) is -1.38. The molecule has 0 radical (unpaired) electrons. The van der Waals surface area contributed by atoms with Gasteiger partial charge in [-0.1, -0.05) is 19.6 Å². The second kappa shape index (κ2) is 2.78. The first-order valence-corrected chi connectivity index (χ1v) is 7.34. The molecule has 0 unspecified atom stereocenters. The van der Waals surface area contributed by atoms with Gasteiger partial charge in [0.05, 0.1) is 8.07 Å². The van der Waals surface area contributed by atoms with Crippen molar-refractivity contribution in [3.8, 4) is 0 Å². The lowest BCUT2D eigenvalue weighted by Gasteiger charge is -2.12. The van der Waals surface area contributed by atoms with E-state index in [4.69, 9.17) is 5.11 Å². The minimum Gasteiger partial charge on any atom is -0.477 e. The Bertz CT molecular complexity index is 298. The Hall–Kier alpha value is -1.03. The lowest BCUT2D eigenvalue weighted by molar-refractivity contribution is 0.0691. The number of aromatic amines is 1. The maximum absolute atomic E-state index is 10.5. The number of rotatable bonds is 2. The van der Waals surface area contributed by atoms with Crippen LogP contribution >= 0.6 is 0 Å². The minimum atomic E-state index is -1.38. The van der Waals surface area contributed by atoms with Gasteiger partial charge in [-0.3, -0.25) is 0 Å². The van der Waals surface area contributed by atoms with Crippen molar-refractivity contribution in [2.75, 3.05) is 0 Å². The zero-order valence-corrected chi connectivity index (χ0v) is 8.51. The molecule has 12 heavy (non-hydrogen) atoms. The van der Waals surface area contributed by atoms with E-state index in [2.05, 4.69) is 24.6 Å². The van der Waals surface area contributed by atoms with E-state index in [0.29, 0.717) is 0 Å². The molecule has 0 saturated carbocycles. The highest BCUT2D eigenvalue weighted by Gasteiger charge is 2.19. The van der Waals surface area contributed by atoms with Gasteiger partial charge >= 0.3 is 5.97 Å². The first kappa shape index (κ1) is 9.06. The number of H-pyrrole nitrogens is 1. The highest BCUT2D eigenvalue weighted by atomic mass is 28.3. The second-order valence-electron chi connectivity index (χ2n) is 3.84. The van der Waals surface area contributed by atoms with Gasteiger partial charge in [-0.05, 0) is 17.4 Å². The van der Waals surface area contributed by atoms with Crippen molar-refractivity contribution in [3.63, 3.8) is 0 Å². The number of carboxylic acids is 1. The standard InChI is InChI=1S/C8H13NO2Si/c1-12(2,3)7-5-4-6(9-7)8(10)11/h4-5,9H,1-3H3,(H,10,11). The molecule has 0 aliphatic rings. The summed E-state index contributed by atoms with van der Waals surface area (Å²) in [6, 6.07) is 3.49. The molecule has 4 heteroatoms. The van der Waals surface area contributed by atoms with Crippen LogP contribution < -0.4 is 5.32 Å². The lowest BCUT2D eigenvalue weighted by atomic mass is 10.4. The van der Waals surface area contributed by atoms with Gasteiger partial charge in [-0.15, -0.1) is 0 Å². The average molecular weight is 183 g/mol. The molecule has 0 aromatic carbocycles. The molecule has 0 atom stereocenters. The fraction of sp³-hybridized carbons (Fsp3) is 0.375. The fourth-order valence-electron chi connectivity index (χ4n) is 0.957. The summed E-state index contributed by atoms with van der Waals surface area (Å²) in [5.74, 6) is -0.889. The first-order valence-electron chi connectivity index (χ1n) is 3.84. The number of hydrogen-bond acceptors (Lipinski definition) is 1. The summed E-state index contributed by atoms with van der Waals surface area (Å²) >= 11 is 0. The third kappa shape index (κ3) is 1.76. The molecule has 1 rings (SSSR count). The number of nitrogens with one attached hydrogen (secondary N) is 1. The Labute approximate surface area is 72.4 Å². The lowest BCUT2D eigenvalue weighted by Crippen LogP contribution is -2.38. The SMILES string of the molecule is C[Si](C)(C)c1ccc(C(=O)O)[nH]1. The van der Waals surface area contributed by atoms with E-state index in [-0.39, 0.29) is 5.69 Å². The van der Waals surface area contributed by atoms with Crippen LogP contribution in [-0.4, -0.2) is 24.1 Å². The monoisotopic (exact) mass is 183 g/mol. The van der Waals surface area contributed by atoms with Crippen LogP contribution in [0.15, 0.2) is 12.1 Å².